The summed E-state index contributed by atoms with van der Waals surface area (Å²) in [6.07, 6.45) is 0. The van der Waals surface area contributed by atoms with Crippen molar-refractivity contribution < 1.29 is 12.6 Å². The molecule has 0 aliphatic rings. The molecule has 0 unspecified atom stereocenters. The van der Waals surface area contributed by atoms with Gasteiger partial charge >= 0.3 is 0 Å². The predicted molar refractivity (Wildman–Crippen MR) is 76.2 cm³/mol. The van der Waals surface area contributed by atoms with Crippen molar-refractivity contribution in [2.75, 3.05) is 0 Å². The van der Waals surface area contributed by atoms with E-state index in [1.165, 1.54) is 18.2 Å². The number of halogens is 1. The second-order valence-corrected chi connectivity index (χ2v) is 4.38. The summed E-state index contributed by atoms with van der Waals surface area (Å²) in [5.41, 5.74) is 0.280. The van der Waals surface area contributed by atoms with Crippen LogP contribution in [0.25, 0.3) is 32.7 Å². The lowest BCUT2D eigenvalue weighted by Gasteiger charge is -2.00. The average molecular weight is 259 g/mol. The van der Waals surface area contributed by atoms with Crippen molar-refractivity contribution in [3.8, 4) is 0 Å². The summed E-state index contributed by atoms with van der Waals surface area (Å²) >= 11 is 5.99. The normalized spacial score (nSPS) is 16.3. The first-order valence-corrected chi connectivity index (χ1v) is 5.71. The average Bonchev–Trinajstić information content (AvgIpc) is 2.89. The van der Waals surface area contributed by atoms with Gasteiger partial charge in [0, 0.05) is 15.8 Å². The Labute approximate surface area is 117 Å². The monoisotopic (exact) mass is 258 g/mol. The Morgan fingerprint density at radius 3 is 2.83 bits per heavy atom. The molecule has 0 bridgehead atoms. The van der Waals surface area contributed by atoms with Gasteiger partial charge in [0.2, 0.25) is 0 Å². The molecule has 0 aliphatic carbocycles. The summed E-state index contributed by atoms with van der Waals surface area (Å²) in [5.74, 6) is 0. The number of fused-ring (bicyclic) bond motifs is 5. The molecule has 0 N–H and O–H groups in total. The first-order chi connectivity index (χ1) is 11.3. The lowest BCUT2D eigenvalue weighted by molar-refractivity contribution is 0.669. The maximum atomic E-state index is 8.22. The Morgan fingerprint density at radius 2 is 1.89 bits per heavy atom. The zero-order chi connectivity index (χ0) is 17.3. The molecule has 0 spiro atoms. The van der Waals surface area contributed by atoms with Gasteiger partial charge in [-0.1, -0.05) is 41.8 Å². The molecule has 1 aromatic heterocycles. The highest BCUT2D eigenvalue weighted by Gasteiger charge is 2.09. The van der Waals surface area contributed by atoms with Crippen LogP contribution in [0.2, 0.25) is 5.02 Å². The second-order valence-electron chi connectivity index (χ2n) is 3.94. The molecular weight excluding hydrogens is 244 g/mol. The SMILES string of the molecule is [2H]c1cc2oc3c([2H])c([2H])c4cc(Cl)cc([2H])c4c3c2c([2H])c1[2H]. The van der Waals surface area contributed by atoms with Gasteiger partial charge in [-0.25, -0.2) is 0 Å². The fourth-order valence-corrected chi connectivity index (χ4v) is 2.27. The molecule has 0 fully saturated rings. The maximum absolute atomic E-state index is 8.22. The van der Waals surface area contributed by atoms with Crippen molar-refractivity contribution in [2.45, 2.75) is 0 Å². The summed E-state index contributed by atoms with van der Waals surface area (Å²) in [4.78, 5) is 0. The maximum Gasteiger partial charge on any atom is 0.136 e. The molecule has 0 aliphatic heterocycles. The summed E-state index contributed by atoms with van der Waals surface area (Å²) in [5, 5.41) is 1.60. The van der Waals surface area contributed by atoms with Crippen LogP contribution >= 0.6 is 11.6 Å². The van der Waals surface area contributed by atoms with Crippen molar-refractivity contribution in [3.63, 3.8) is 0 Å². The predicted octanol–water partition coefficient (Wildman–Crippen LogP) is 5.39. The van der Waals surface area contributed by atoms with Crippen LogP contribution in [0.1, 0.15) is 8.22 Å². The van der Waals surface area contributed by atoms with Crippen LogP contribution < -0.4 is 0 Å². The standard InChI is InChI=1S/C16H9ClO/c17-11-6-7-12-10(9-11)5-8-15-16(12)13-3-1-2-4-14(13)18-15/h1-9H/i1D,2D,3D,5D,7D,8D. The minimum Gasteiger partial charge on any atom is -0.456 e. The molecule has 0 saturated heterocycles. The Balaban J connectivity index is 2.43. The minimum atomic E-state index is -0.250. The topological polar surface area (TPSA) is 13.1 Å². The fourth-order valence-electron chi connectivity index (χ4n) is 2.10. The van der Waals surface area contributed by atoms with E-state index in [9.17, 15) is 0 Å². The van der Waals surface area contributed by atoms with E-state index in [0.29, 0.717) is 16.2 Å². The van der Waals surface area contributed by atoms with Crippen LogP contribution in [0.4, 0.5) is 0 Å². The third-order valence-corrected chi connectivity index (χ3v) is 3.08. The van der Waals surface area contributed by atoms with Gasteiger partial charge in [-0.3, -0.25) is 0 Å². The van der Waals surface area contributed by atoms with E-state index in [1.807, 2.05) is 0 Å². The molecule has 86 valence electrons. The van der Waals surface area contributed by atoms with Gasteiger partial charge in [0.15, 0.2) is 0 Å². The van der Waals surface area contributed by atoms with Crippen molar-refractivity contribution >= 4 is 44.3 Å². The van der Waals surface area contributed by atoms with Crippen LogP contribution in [0, 0.1) is 0 Å². The summed E-state index contributed by atoms with van der Waals surface area (Å²) < 4.78 is 54.0. The third-order valence-electron chi connectivity index (χ3n) is 2.87. The first kappa shape index (κ1) is 5.77. The Kier molecular flexibility index (Phi) is 1.12. The molecule has 1 nitrogen and oxygen atoms in total. The van der Waals surface area contributed by atoms with Gasteiger partial charge in [-0.15, -0.1) is 0 Å². The van der Waals surface area contributed by atoms with Crippen LogP contribution in [0.3, 0.4) is 0 Å². The number of para-hydroxylation sites is 1. The van der Waals surface area contributed by atoms with Crippen molar-refractivity contribution in [1.82, 2.24) is 0 Å². The fraction of sp³-hybridized carbons (Fsp3) is 0. The molecule has 3 aromatic carbocycles. The third kappa shape index (κ3) is 1.28. The number of furan rings is 1. The molecule has 18 heavy (non-hydrogen) atoms. The van der Waals surface area contributed by atoms with Crippen molar-refractivity contribution in [2.24, 2.45) is 0 Å². The van der Waals surface area contributed by atoms with E-state index >= 15 is 0 Å². The molecular formula is C16H9ClO. The van der Waals surface area contributed by atoms with Crippen LogP contribution in [-0.4, -0.2) is 0 Å². The lowest BCUT2D eigenvalue weighted by Crippen LogP contribution is -1.74. The van der Waals surface area contributed by atoms with E-state index < -0.39 is 0 Å². The molecule has 1 heterocycles. The van der Waals surface area contributed by atoms with Crippen LogP contribution in [0.15, 0.2) is 58.9 Å². The number of benzene rings is 3. The van der Waals surface area contributed by atoms with E-state index in [-0.39, 0.29) is 57.8 Å². The van der Waals surface area contributed by atoms with Gasteiger partial charge < -0.3 is 4.42 Å². The Bertz CT molecular complexity index is 1180. The second kappa shape index (κ2) is 3.50. The van der Waals surface area contributed by atoms with E-state index in [4.69, 9.17) is 24.2 Å². The van der Waals surface area contributed by atoms with Gasteiger partial charge in [-0.05, 0) is 35.0 Å². The smallest absolute Gasteiger partial charge is 0.136 e. The van der Waals surface area contributed by atoms with Gasteiger partial charge in [0.1, 0.15) is 11.2 Å². The zero-order valence-corrected chi connectivity index (χ0v) is 9.77. The van der Waals surface area contributed by atoms with E-state index in [1.54, 1.807) is 0 Å². The number of hydrogen-bond donors (Lipinski definition) is 0. The highest BCUT2D eigenvalue weighted by molar-refractivity contribution is 6.32. The van der Waals surface area contributed by atoms with Gasteiger partial charge in [0.05, 0.1) is 8.22 Å². The molecule has 0 saturated carbocycles. The lowest BCUT2D eigenvalue weighted by atomic mass is 10.0. The summed E-state index contributed by atoms with van der Waals surface area (Å²) in [6, 6.07) is 3.44. The Morgan fingerprint density at radius 1 is 0.944 bits per heavy atom. The molecule has 4 aromatic rings. The van der Waals surface area contributed by atoms with E-state index in [2.05, 4.69) is 0 Å². The molecule has 0 atom stereocenters. The number of rotatable bonds is 0. The summed E-state index contributed by atoms with van der Waals surface area (Å²) in [7, 11) is 0. The molecule has 2 heteroatoms. The minimum absolute atomic E-state index is 0.0552. The molecule has 0 amide bonds. The Hall–Kier alpha value is -1.99. The highest BCUT2D eigenvalue weighted by Crippen LogP contribution is 2.35. The summed E-state index contributed by atoms with van der Waals surface area (Å²) in [6.45, 7) is 0. The highest BCUT2D eigenvalue weighted by atomic mass is 35.5. The van der Waals surface area contributed by atoms with Crippen molar-refractivity contribution in [3.05, 3.63) is 59.5 Å². The molecule has 0 radical (unpaired) electrons. The van der Waals surface area contributed by atoms with Crippen molar-refractivity contribution in [1.29, 1.82) is 0 Å². The van der Waals surface area contributed by atoms with Crippen LogP contribution in [-0.2, 0) is 0 Å². The molecule has 4 rings (SSSR count). The van der Waals surface area contributed by atoms with Gasteiger partial charge in [-0.2, -0.15) is 0 Å². The quantitative estimate of drug-likeness (QED) is 0.412. The van der Waals surface area contributed by atoms with Gasteiger partial charge in [0.25, 0.3) is 0 Å². The zero-order valence-electron chi connectivity index (χ0n) is 15.0. The first-order valence-electron chi connectivity index (χ1n) is 8.33. The van der Waals surface area contributed by atoms with Crippen LogP contribution in [0.5, 0.6) is 0 Å². The largest absolute Gasteiger partial charge is 0.456 e. The van der Waals surface area contributed by atoms with E-state index in [0.717, 1.165) is 0 Å². The number of hydrogen-bond acceptors (Lipinski definition) is 1.